The maximum atomic E-state index is 11.0. The van der Waals surface area contributed by atoms with Gasteiger partial charge in [0.2, 0.25) is 0 Å². The largest absolute Gasteiger partial charge is 0.479 e. The van der Waals surface area contributed by atoms with Gasteiger partial charge in [-0.2, -0.15) is 0 Å². The monoisotopic (exact) mass is 190 g/mol. The molecule has 0 aromatic heterocycles. The molecular formula is C7H10O6. The summed E-state index contributed by atoms with van der Waals surface area (Å²) < 4.78 is 14.1. The summed E-state index contributed by atoms with van der Waals surface area (Å²) in [7, 11) is 1.17. The van der Waals surface area contributed by atoms with Gasteiger partial charge >= 0.3 is 11.9 Å². The van der Waals surface area contributed by atoms with Crippen LogP contribution in [0.2, 0.25) is 0 Å². The standard InChI is InChI=1S/C7H10O6/c1-11-7(10)5-4(6(8)9)12-2-3-13-5/h4-5H,2-3H2,1H3,(H,8,9). The molecule has 2 atom stereocenters. The zero-order chi connectivity index (χ0) is 9.84. The topological polar surface area (TPSA) is 82.1 Å². The number of aliphatic carboxylic acids is 1. The lowest BCUT2D eigenvalue weighted by atomic mass is 10.2. The molecule has 1 aliphatic heterocycles. The van der Waals surface area contributed by atoms with Crippen LogP contribution in [0.15, 0.2) is 0 Å². The number of carboxylic acids is 1. The fourth-order valence-corrected chi connectivity index (χ4v) is 1.03. The van der Waals surface area contributed by atoms with Crippen LogP contribution >= 0.6 is 0 Å². The van der Waals surface area contributed by atoms with Crippen LogP contribution in [-0.2, 0) is 23.8 Å². The third-order valence-electron chi connectivity index (χ3n) is 1.63. The van der Waals surface area contributed by atoms with E-state index in [-0.39, 0.29) is 13.2 Å². The molecule has 13 heavy (non-hydrogen) atoms. The van der Waals surface area contributed by atoms with Crippen LogP contribution in [0.1, 0.15) is 0 Å². The zero-order valence-electron chi connectivity index (χ0n) is 7.06. The normalized spacial score (nSPS) is 28.1. The number of carboxylic acid groups (broad SMARTS) is 1. The van der Waals surface area contributed by atoms with E-state index >= 15 is 0 Å². The molecule has 0 aromatic rings. The highest BCUT2D eigenvalue weighted by Crippen LogP contribution is 2.11. The maximum Gasteiger partial charge on any atom is 0.338 e. The molecule has 74 valence electrons. The quantitative estimate of drug-likeness (QED) is 0.564. The van der Waals surface area contributed by atoms with Gasteiger partial charge in [0.25, 0.3) is 0 Å². The molecule has 0 radical (unpaired) electrons. The van der Waals surface area contributed by atoms with Crippen molar-refractivity contribution in [2.45, 2.75) is 12.2 Å². The van der Waals surface area contributed by atoms with Gasteiger partial charge < -0.3 is 19.3 Å². The van der Waals surface area contributed by atoms with E-state index in [9.17, 15) is 9.59 Å². The first-order valence-electron chi connectivity index (χ1n) is 3.70. The van der Waals surface area contributed by atoms with Gasteiger partial charge in [0, 0.05) is 0 Å². The van der Waals surface area contributed by atoms with Gasteiger partial charge in [-0.25, -0.2) is 9.59 Å². The molecule has 1 heterocycles. The summed E-state index contributed by atoms with van der Waals surface area (Å²) >= 11 is 0. The molecule has 0 amide bonds. The number of hydrogen-bond acceptors (Lipinski definition) is 5. The lowest BCUT2D eigenvalue weighted by molar-refractivity contribution is -0.195. The first kappa shape index (κ1) is 9.94. The predicted molar refractivity (Wildman–Crippen MR) is 39.1 cm³/mol. The van der Waals surface area contributed by atoms with E-state index in [4.69, 9.17) is 14.6 Å². The fourth-order valence-electron chi connectivity index (χ4n) is 1.03. The number of esters is 1. The van der Waals surface area contributed by atoms with Crippen molar-refractivity contribution < 1.29 is 28.9 Å². The number of rotatable bonds is 2. The van der Waals surface area contributed by atoms with Crippen LogP contribution in [0.3, 0.4) is 0 Å². The number of carbonyl (C=O) groups is 2. The van der Waals surface area contributed by atoms with Gasteiger partial charge in [0.15, 0.2) is 12.2 Å². The third kappa shape index (κ3) is 2.16. The number of hydrogen-bond donors (Lipinski definition) is 1. The molecule has 1 fully saturated rings. The average Bonchev–Trinajstić information content (AvgIpc) is 2.16. The summed E-state index contributed by atoms with van der Waals surface area (Å²) in [6, 6.07) is 0. The second-order valence-corrected chi connectivity index (χ2v) is 2.44. The van der Waals surface area contributed by atoms with Gasteiger partial charge in [-0.3, -0.25) is 0 Å². The maximum absolute atomic E-state index is 11.0. The van der Waals surface area contributed by atoms with E-state index in [0.29, 0.717) is 0 Å². The molecule has 1 N–H and O–H groups in total. The Kier molecular flexibility index (Phi) is 3.21. The Bertz CT molecular complexity index is 213. The zero-order valence-corrected chi connectivity index (χ0v) is 7.06. The van der Waals surface area contributed by atoms with Gasteiger partial charge in [0.05, 0.1) is 20.3 Å². The van der Waals surface area contributed by atoms with Crippen molar-refractivity contribution in [2.75, 3.05) is 20.3 Å². The van der Waals surface area contributed by atoms with Crippen molar-refractivity contribution in [3.05, 3.63) is 0 Å². The highest BCUT2D eigenvalue weighted by molar-refractivity contribution is 5.84. The molecule has 0 saturated carbocycles. The highest BCUT2D eigenvalue weighted by Gasteiger charge is 2.39. The number of ether oxygens (including phenoxy) is 3. The van der Waals surface area contributed by atoms with Crippen LogP contribution in [0.5, 0.6) is 0 Å². The molecule has 1 saturated heterocycles. The van der Waals surface area contributed by atoms with Crippen LogP contribution in [0, 0.1) is 0 Å². The van der Waals surface area contributed by atoms with Crippen molar-refractivity contribution in [2.24, 2.45) is 0 Å². The summed E-state index contributed by atoms with van der Waals surface area (Å²) in [5.41, 5.74) is 0. The Labute approximate surface area is 74.4 Å². The van der Waals surface area contributed by atoms with Crippen molar-refractivity contribution in [1.29, 1.82) is 0 Å². The lowest BCUT2D eigenvalue weighted by Gasteiger charge is -2.26. The Morgan fingerprint density at radius 1 is 1.31 bits per heavy atom. The summed E-state index contributed by atoms with van der Waals surface area (Å²) in [5, 5.41) is 8.64. The van der Waals surface area contributed by atoms with E-state index in [2.05, 4.69) is 4.74 Å². The minimum absolute atomic E-state index is 0.171. The summed E-state index contributed by atoms with van der Waals surface area (Å²) in [5.74, 6) is -1.96. The third-order valence-corrected chi connectivity index (χ3v) is 1.63. The summed E-state index contributed by atoms with van der Waals surface area (Å²) in [6.07, 6.45) is -2.42. The Morgan fingerprint density at radius 2 is 1.85 bits per heavy atom. The lowest BCUT2D eigenvalue weighted by Crippen LogP contribution is -2.48. The molecule has 6 nitrogen and oxygen atoms in total. The minimum Gasteiger partial charge on any atom is -0.479 e. The molecule has 0 spiro atoms. The van der Waals surface area contributed by atoms with Crippen molar-refractivity contribution in [3.63, 3.8) is 0 Å². The van der Waals surface area contributed by atoms with Gasteiger partial charge in [-0.15, -0.1) is 0 Å². The molecular weight excluding hydrogens is 180 g/mol. The summed E-state index contributed by atoms with van der Waals surface area (Å²) in [6.45, 7) is 0.369. The van der Waals surface area contributed by atoms with Crippen LogP contribution in [0.4, 0.5) is 0 Å². The first-order chi connectivity index (χ1) is 6.16. The van der Waals surface area contributed by atoms with Crippen molar-refractivity contribution in [3.8, 4) is 0 Å². The van der Waals surface area contributed by atoms with Gasteiger partial charge in [-0.1, -0.05) is 0 Å². The molecule has 2 unspecified atom stereocenters. The van der Waals surface area contributed by atoms with E-state index in [1.807, 2.05) is 0 Å². The Hall–Kier alpha value is -1.14. The number of methoxy groups -OCH3 is 1. The minimum atomic E-state index is -1.26. The van der Waals surface area contributed by atoms with Gasteiger partial charge in [0.1, 0.15) is 0 Å². The second kappa shape index (κ2) is 4.20. The average molecular weight is 190 g/mol. The molecule has 0 aromatic carbocycles. The van der Waals surface area contributed by atoms with E-state index in [1.165, 1.54) is 7.11 Å². The van der Waals surface area contributed by atoms with Gasteiger partial charge in [-0.05, 0) is 0 Å². The summed E-state index contributed by atoms with van der Waals surface area (Å²) in [4.78, 5) is 21.6. The molecule has 0 aliphatic carbocycles. The van der Waals surface area contributed by atoms with Crippen LogP contribution in [0.25, 0.3) is 0 Å². The predicted octanol–water partition coefficient (Wildman–Crippen LogP) is -0.972. The number of carbonyl (C=O) groups excluding carboxylic acids is 1. The fraction of sp³-hybridized carbons (Fsp3) is 0.714. The molecule has 1 aliphatic rings. The van der Waals surface area contributed by atoms with Crippen molar-refractivity contribution in [1.82, 2.24) is 0 Å². The molecule has 0 bridgehead atoms. The van der Waals surface area contributed by atoms with E-state index in [0.717, 1.165) is 0 Å². The van der Waals surface area contributed by atoms with E-state index in [1.54, 1.807) is 0 Å². The molecule has 1 rings (SSSR count). The molecule has 6 heteroatoms. The second-order valence-electron chi connectivity index (χ2n) is 2.44. The van der Waals surface area contributed by atoms with Crippen LogP contribution < -0.4 is 0 Å². The smallest absolute Gasteiger partial charge is 0.338 e. The van der Waals surface area contributed by atoms with Crippen molar-refractivity contribution >= 4 is 11.9 Å². The van der Waals surface area contributed by atoms with E-state index < -0.39 is 24.1 Å². The SMILES string of the molecule is COC(=O)C1OCCOC1C(=O)O. The van der Waals surface area contributed by atoms with Crippen LogP contribution in [-0.4, -0.2) is 49.6 Å². The Balaban J connectivity index is 2.67. The Morgan fingerprint density at radius 3 is 2.31 bits per heavy atom. The first-order valence-corrected chi connectivity index (χ1v) is 3.70. The highest BCUT2D eigenvalue weighted by atomic mass is 16.6.